The summed E-state index contributed by atoms with van der Waals surface area (Å²) < 4.78 is 0. The van der Waals surface area contributed by atoms with Gasteiger partial charge in [-0.05, 0) is 31.9 Å². The van der Waals surface area contributed by atoms with Crippen molar-refractivity contribution in [1.82, 2.24) is 15.1 Å². The molecule has 5 heteroatoms. The van der Waals surface area contributed by atoms with E-state index >= 15 is 0 Å². The molecular formula is C26H42N4O. The number of hydrogen-bond acceptors (Lipinski definition) is 4. The van der Waals surface area contributed by atoms with Crippen LogP contribution in [0.3, 0.4) is 0 Å². The lowest BCUT2D eigenvalue weighted by atomic mass is 10.1. The molecule has 1 aromatic rings. The molecule has 1 heterocycles. The predicted octanol–water partition coefficient (Wildman–Crippen LogP) is 5.32. The van der Waals surface area contributed by atoms with E-state index in [9.17, 15) is 4.79 Å². The molecule has 0 radical (unpaired) electrons. The first-order chi connectivity index (χ1) is 14.9. The van der Waals surface area contributed by atoms with Crippen molar-refractivity contribution in [2.45, 2.75) is 60.3 Å². The Bertz CT molecular complexity index is 712. The first-order valence-electron chi connectivity index (χ1n) is 11.6. The average molecular weight is 427 g/mol. The largest absolute Gasteiger partial charge is 0.356 e. The fraction of sp³-hybridized carbons (Fsp3) is 0.538. The fourth-order valence-electron chi connectivity index (χ4n) is 3.28. The zero-order valence-electron chi connectivity index (χ0n) is 20.3. The van der Waals surface area contributed by atoms with Gasteiger partial charge in [-0.1, -0.05) is 76.4 Å². The molecule has 0 unspecified atom stereocenters. The zero-order valence-corrected chi connectivity index (χ0v) is 20.3. The van der Waals surface area contributed by atoms with Crippen LogP contribution in [-0.4, -0.2) is 54.1 Å². The Morgan fingerprint density at radius 3 is 2.13 bits per heavy atom. The molecule has 1 aromatic carbocycles. The first kappa shape index (κ1) is 26.6. The van der Waals surface area contributed by atoms with Crippen molar-refractivity contribution in [3.8, 4) is 0 Å². The second kappa shape index (κ2) is 15.4. The van der Waals surface area contributed by atoms with Crippen LogP contribution in [-0.2, 0) is 4.79 Å². The van der Waals surface area contributed by atoms with Crippen molar-refractivity contribution in [3.05, 3.63) is 54.5 Å². The van der Waals surface area contributed by atoms with E-state index in [1.807, 2.05) is 31.3 Å². The van der Waals surface area contributed by atoms with Crippen LogP contribution in [0.4, 0.5) is 0 Å². The molecule has 0 saturated carbocycles. The Kier molecular flexibility index (Phi) is 13.2. The lowest BCUT2D eigenvalue weighted by Crippen LogP contribution is -2.49. The highest BCUT2D eigenvalue weighted by Crippen LogP contribution is 2.12. The maximum atomic E-state index is 11.2. The van der Waals surface area contributed by atoms with Gasteiger partial charge in [-0.3, -0.25) is 9.69 Å². The summed E-state index contributed by atoms with van der Waals surface area (Å²) in [5.74, 6) is 1.88. The second-order valence-electron chi connectivity index (χ2n) is 8.14. The molecule has 172 valence electrons. The van der Waals surface area contributed by atoms with Crippen LogP contribution < -0.4 is 5.32 Å². The van der Waals surface area contributed by atoms with Crippen molar-refractivity contribution in [2.24, 2.45) is 4.99 Å². The number of nitrogens with one attached hydrogen (secondary N) is 1. The lowest BCUT2D eigenvalue weighted by molar-refractivity contribution is -0.118. The number of allylic oxidation sites excluding steroid dienone is 1. The van der Waals surface area contributed by atoms with E-state index in [1.165, 1.54) is 31.2 Å². The number of carbonyl (C=O) groups is 1. The van der Waals surface area contributed by atoms with Gasteiger partial charge in [0.1, 0.15) is 11.6 Å². The van der Waals surface area contributed by atoms with Gasteiger partial charge in [0.2, 0.25) is 0 Å². The molecule has 0 spiro atoms. The number of benzene rings is 1. The summed E-state index contributed by atoms with van der Waals surface area (Å²) in [6.45, 7) is 18.2. The molecule has 0 bridgehead atoms. The molecule has 0 aliphatic carbocycles. The SMILES string of the molecule is C=C(NC(C)=N/C=C(\C)c1ccccc1)N1CCN(CC(C)=O)CC1.CCCCCC. The van der Waals surface area contributed by atoms with Gasteiger partial charge in [0.15, 0.2) is 0 Å². The van der Waals surface area contributed by atoms with E-state index in [0.29, 0.717) is 6.54 Å². The van der Waals surface area contributed by atoms with Gasteiger partial charge in [0.25, 0.3) is 0 Å². The van der Waals surface area contributed by atoms with E-state index < -0.39 is 0 Å². The topological polar surface area (TPSA) is 47.9 Å². The van der Waals surface area contributed by atoms with Gasteiger partial charge in [-0.15, -0.1) is 0 Å². The minimum absolute atomic E-state index is 0.217. The number of rotatable bonds is 9. The number of ketones is 1. The van der Waals surface area contributed by atoms with Gasteiger partial charge >= 0.3 is 0 Å². The van der Waals surface area contributed by atoms with Crippen LogP contribution in [0.15, 0.2) is 53.9 Å². The summed E-state index contributed by atoms with van der Waals surface area (Å²) in [6.07, 6.45) is 7.41. The molecule has 1 N–H and O–H groups in total. The van der Waals surface area contributed by atoms with Gasteiger partial charge in [-0.2, -0.15) is 0 Å². The normalized spacial score (nSPS) is 15.2. The molecule has 1 aliphatic heterocycles. The van der Waals surface area contributed by atoms with E-state index in [4.69, 9.17) is 0 Å². The van der Waals surface area contributed by atoms with Gasteiger partial charge in [-0.25, -0.2) is 4.99 Å². The lowest BCUT2D eigenvalue weighted by Gasteiger charge is -2.36. The molecule has 1 fully saturated rings. The molecule has 5 nitrogen and oxygen atoms in total. The number of hydrogen-bond donors (Lipinski definition) is 1. The molecule has 31 heavy (non-hydrogen) atoms. The molecule has 0 atom stereocenters. The number of aliphatic imine (C=N–C) groups is 1. The summed E-state index contributed by atoms with van der Waals surface area (Å²) in [5.41, 5.74) is 2.28. The second-order valence-corrected chi connectivity index (χ2v) is 8.14. The van der Waals surface area contributed by atoms with Gasteiger partial charge in [0, 0.05) is 32.4 Å². The number of unbranched alkanes of at least 4 members (excludes halogenated alkanes) is 3. The molecule has 0 aromatic heterocycles. The molecule has 2 rings (SSSR count). The maximum absolute atomic E-state index is 11.2. The first-order valence-corrected chi connectivity index (χ1v) is 11.6. The Balaban J connectivity index is 0.000000703. The maximum Gasteiger partial charge on any atom is 0.143 e. The highest BCUT2D eigenvalue weighted by Gasteiger charge is 2.18. The van der Waals surface area contributed by atoms with Gasteiger partial charge in [0.05, 0.1) is 12.4 Å². The Labute approximate surface area is 189 Å². The monoisotopic (exact) mass is 426 g/mol. The summed E-state index contributed by atoms with van der Waals surface area (Å²) in [4.78, 5) is 20.1. The predicted molar refractivity (Wildman–Crippen MR) is 134 cm³/mol. The van der Waals surface area contributed by atoms with E-state index in [1.54, 1.807) is 6.92 Å². The molecular weight excluding hydrogens is 384 g/mol. The Morgan fingerprint density at radius 1 is 1.03 bits per heavy atom. The number of piperazine rings is 1. The van der Waals surface area contributed by atoms with Crippen LogP contribution >= 0.6 is 0 Å². The highest BCUT2D eigenvalue weighted by atomic mass is 16.1. The number of nitrogens with zero attached hydrogens (tertiary/aromatic N) is 3. The third kappa shape index (κ3) is 11.5. The number of Topliss-reactive ketones (excluding diaryl/α,β-unsaturated/α-hetero) is 1. The van der Waals surface area contributed by atoms with Crippen LogP contribution in [0.5, 0.6) is 0 Å². The molecule has 1 aliphatic rings. The summed E-state index contributed by atoms with van der Waals surface area (Å²) in [6, 6.07) is 10.2. The van der Waals surface area contributed by atoms with Crippen LogP contribution in [0.1, 0.15) is 65.9 Å². The summed E-state index contributed by atoms with van der Waals surface area (Å²) in [7, 11) is 0. The summed E-state index contributed by atoms with van der Waals surface area (Å²) in [5, 5.41) is 3.26. The van der Waals surface area contributed by atoms with E-state index in [-0.39, 0.29) is 5.78 Å². The minimum atomic E-state index is 0.217. The fourth-order valence-corrected chi connectivity index (χ4v) is 3.28. The third-order valence-corrected chi connectivity index (χ3v) is 5.16. The standard InChI is InChI=1S/C20H28N4O.C6H14/c1-16(20-8-6-5-7-9-20)14-21-18(3)22-19(4)24-12-10-23(11-13-24)15-17(2)25;1-3-5-6-4-2/h5-9,14H,4,10-13,15H2,1-3H3,(H,21,22);3-6H2,1-2H3/b16-14+;. The van der Waals surface area contributed by atoms with Crippen molar-refractivity contribution < 1.29 is 4.79 Å². The van der Waals surface area contributed by atoms with Crippen LogP contribution in [0, 0.1) is 0 Å². The number of amidine groups is 1. The Hall–Kier alpha value is -2.40. The van der Waals surface area contributed by atoms with Crippen LogP contribution in [0.25, 0.3) is 5.57 Å². The van der Waals surface area contributed by atoms with E-state index in [2.05, 4.69) is 59.6 Å². The zero-order chi connectivity index (χ0) is 23.1. The summed E-state index contributed by atoms with van der Waals surface area (Å²) >= 11 is 0. The van der Waals surface area contributed by atoms with Crippen molar-refractivity contribution >= 4 is 17.2 Å². The minimum Gasteiger partial charge on any atom is -0.356 e. The molecule has 0 amide bonds. The van der Waals surface area contributed by atoms with Crippen molar-refractivity contribution in [2.75, 3.05) is 32.7 Å². The Morgan fingerprint density at radius 2 is 1.61 bits per heavy atom. The van der Waals surface area contributed by atoms with Crippen molar-refractivity contribution in [3.63, 3.8) is 0 Å². The third-order valence-electron chi connectivity index (χ3n) is 5.16. The van der Waals surface area contributed by atoms with Gasteiger partial charge < -0.3 is 10.2 Å². The quantitative estimate of drug-likeness (QED) is 0.330. The smallest absolute Gasteiger partial charge is 0.143 e. The molecule has 1 saturated heterocycles. The highest BCUT2D eigenvalue weighted by molar-refractivity contribution is 5.82. The number of carbonyl (C=O) groups excluding carboxylic acids is 1. The van der Waals surface area contributed by atoms with E-state index in [0.717, 1.165) is 43.4 Å². The van der Waals surface area contributed by atoms with Crippen molar-refractivity contribution in [1.29, 1.82) is 0 Å². The van der Waals surface area contributed by atoms with Crippen LogP contribution in [0.2, 0.25) is 0 Å². The average Bonchev–Trinajstić information content (AvgIpc) is 2.77.